The van der Waals surface area contributed by atoms with Gasteiger partial charge in [-0.15, -0.1) is 0 Å². The molecule has 2 fully saturated rings. The molecule has 0 spiro atoms. The second kappa shape index (κ2) is 7.22. The lowest BCUT2D eigenvalue weighted by molar-refractivity contribution is -0.138. The van der Waals surface area contributed by atoms with Crippen molar-refractivity contribution >= 4 is 11.6 Å². The summed E-state index contributed by atoms with van der Waals surface area (Å²) in [4.78, 5) is 16.3. The van der Waals surface area contributed by atoms with E-state index in [-0.39, 0.29) is 17.4 Å². The fourth-order valence-electron chi connectivity index (χ4n) is 4.25. The van der Waals surface area contributed by atoms with Crippen LogP contribution < -0.4 is 20.7 Å². The van der Waals surface area contributed by atoms with Gasteiger partial charge in [0.05, 0.1) is 7.11 Å². The van der Waals surface area contributed by atoms with Crippen LogP contribution in [0.3, 0.4) is 0 Å². The first-order valence-corrected chi connectivity index (χ1v) is 9.15. The molecule has 3 rings (SSSR count). The van der Waals surface area contributed by atoms with Gasteiger partial charge in [-0.1, -0.05) is 13.0 Å². The van der Waals surface area contributed by atoms with Crippen LogP contribution in [-0.2, 0) is 4.79 Å². The van der Waals surface area contributed by atoms with Crippen LogP contribution in [0.2, 0.25) is 0 Å². The molecule has 1 aromatic carbocycles. The van der Waals surface area contributed by atoms with Crippen molar-refractivity contribution in [2.75, 3.05) is 32.1 Å². The van der Waals surface area contributed by atoms with E-state index in [4.69, 9.17) is 10.5 Å². The van der Waals surface area contributed by atoms with Gasteiger partial charge in [0, 0.05) is 49.8 Å². The molecule has 2 aliphatic rings. The second-order valence-corrected chi connectivity index (χ2v) is 7.32. The first-order chi connectivity index (χ1) is 12.0. The minimum absolute atomic E-state index is 0.0515. The summed E-state index contributed by atoms with van der Waals surface area (Å²) in [6, 6.07) is 8.34. The van der Waals surface area contributed by atoms with Crippen molar-refractivity contribution < 1.29 is 9.53 Å². The summed E-state index contributed by atoms with van der Waals surface area (Å²) < 4.78 is 5.37. The van der Waals surface area contributed by atoms with Crippen molar-refractivity contribution in [1.29, 1.82) is 0 Å². The highest BCUT2D eigenvalue weighted by Gasteiger charge is 2.45. The molecule has 2 aliphatic heterocycles. The number of nitrogens with one attached hydrogen (secondary N) is 1. The third-order valence-corrected chi connectivity index (χ3v) is 6.03. The third-order valence-electron chi connectivity index (χ3n) is 6.03. The zero-order valence-electron chi connectivity index (χ0n) is 15.5. The lowest BCUT2D eigenvalue weighted by atomic mass is 9.70. The van der Waals surface area contributed by atoms with Crippen LogP contribution in [0.4, 0.5) is 5.69 Å². The number of carbonyl (C=O) groups is 1. The predicted octanol–water partition coefficient (Wildman–Crippen LogP) is 1.75. The van der Waals surface area contributed by atoms with Crippen LogP contribution in [0.1, 0.15) is 32.6 Å². The van der Waals surface area contributed by atoms with E-state index in [0.717, 1.165) is 38.1 Å². The quantitative estimate of drug-likeness (QED) is 0.869. The van der Waals surface area contributed by atoms with Crippen LogP contribution in [0.15, 0.2) is 24.3 Å². The standard InChI is InChI=1S/C19H30N4O2/c1-4-19(16-12-17(24)22(2)18(20)21-16)9-6-10-23(13-19)14-7-5-8-15(11-14)25-3/h5,7-8,11,16,18,21H,4,6,9-10,12-13,20H2,1-3H3/t16-,18?,19?/m0/s1. The fourth-order valence-corrected chi connectivity index (χ4v) is 4.25. The predicted molar refractivity (Wildman–Crippen MR) is 99.5 cm³/mol. The van der Waals surface area contributed by atoms with Gasteiger partial charge in [0.15, 0.2) is 0 Å². The topological polar surface area (TPSA) is 70.8 Å². The van der Waals surface area contributed by atoms with Crippen molar-refractivity contribution in [3.63, 3.8) is 0 Å². The molecular weight excluding hydrogens is 316 g/mol. The van der Waals surface area contributed by atoms with Crippen molar-refractivity contribution in [1.82, 2.24) is 10.2 Å². The lowest BCUT2D eigenvalue weighted by Gasteiger charge is -2.51. The van der Waals surface area contributed by atoms with E-state index in [1.54, 1.807) is 19.1 Å². The SMILES string of the molecule is CCC1([C@@H]2CC(=O)N(C)C(N)N2)CCCN(c2cccc(OC)c2)C1. The fraction of sp³-hybridized carbons (Fsp3) is 0.632. The van der Waals surface area contributed by atoms with Crippen molar-refractivity contribution in [2.45, 2.75) is 44.9 Å². The van der Waals surface area contributed by atoms with Crippen molar-refractivity contribution in [3.05, 3.63) is 24.3 Å². The smallest absolute Gasteiger partial charge is 0.226 e. The number of anilines is 1. The summed E-state index contributed by atoms with van der Waals surface area (Å²) in [6.45, 7) is 4.19. The Kier molecular flexibility index (Phi) is 5.20. The van der Waals surface area contributed by atoms with Gasteiger partial charge >= 0.3 is 0 Å². The Labute approximate surface area is 150 Å². The largest absolute Gasteiger partial charge is 0.497 e. The Morgan fingerprint density at radius 2 is 2.24 bits per heavy atom. The Hall–Kier alpha value is -1.79. The number of carbonyl (C=O) groups excluding carboxylic acids is 1. The normalized spacial score (nSPS) is 30.5. The van der Waals surface area contributed by atoms with Gasteiger partial charge in [0.1, 0.15) is 12.0 Å². The minimum Gasteiger partial charge on any atom is -0.497 e. The molecule has 138 valence electrons. The summed E-state index contributed by atoms with van der Waals surface area (Å²) in [5, 5.41) is 3.48. The van der Waals surface area contributed by atoms with Crippen LogP contribution in [0.5, 0.6) is 5.75 Å². The number of hydrogen-bond donors (Lipinski definition) is 2. The summed E-state index contributed by atoms with van der Waals surface area (Å²) in [7, 11) is 3.46. The Morgan fingerprint density at radius 1 is 1.44 bits per heavy atom. The number of ether oxygens (including phenoxy) is 1. The van der Waals surface area contributed by atoms with E-state index in [1.807, 2.05) is 12.1 Å². The third kappa shape index (κ3) is 3.46. The molecule has 0 saturated carbocycles. The van der Waals surface area contributed by atoms with Gasteiger partial charge in [0.2, 0.25) is 5.91 Å². The maximum Gasteiger partial charge on any atom is 0.226 e. The van der Waals surface area contributed by atoms with E-state index in [2.05, 4.69) is 29.3 Å². The number of nitrogens with two attached hydrogens (primary N) is 1. The molecule has 3 N–H and O–H groups in total. The van der Waals surface area contributed by atoms with E-state index in [0.29, 0.717) is 6.42 Å². The minimum atomic E-state index is -0.401. The molecular formula is C19H30N4O2. The maximum atomic E-state index is 12.3. The summed E-state index contributed by atoms with van der Waals surface area (Å²) >= 11 is 0. The molecule has 6 nitrogen and oxygen atoms in total. The number of hydrogen-bond acceptors (Lipinski definition) is 5. The summed E-state index contributed by atoms with van der Waals surface area (Å²) in [6.07, 6.45) is 3.37. The monoisotopic (exact) mass is 346 g/mol. The molecule has 0 aliphatic carbocycles. The maximum absolute atomic E-state index is 12.3. The molecule has 25 heavy (non-hydrogen) atoms. The van der Waals surface area contributed by atoms with Crippen LogP contribution in [-0.4, -0.2) is 50.4 Å². The summed E-state index contributed by atoms with van der Waals surface area (Å²) in [5.74, 6) is 1.00. The van der Waals surface area contributed by atoms with E-state index < -0.39 is 6.29 Å². The van der Waals surface area contributed by atoms with Gasteiger partial charge < -0.3 is 14.5 Å². The van der Waals surface area contributed by atoms with Crippen LogP contribution >= 0.6 is 0 Å². The second-order valence-electron chi connectivity index (χ2n) is 7.32. The molecule has 0 aromatic heterocycles. The summed E-state index contributed by atoms with van der Waals surface area (Å²) in [5.41, 5.74) is 7.36. The van der Waals surface area contributed by atoms with Gasteiger partial charge in [-0.3, -0.25) is 15.8 Å². The Morgan fingerprint density at radius 3 is 2.92 bits per heavy atom. The number of amides is 1. The average molecular weight is 346 g/mol. The van der Waals surface area contributed by atoms with E-state index in [1.165, 1.54) is 5.69 Å². The first-order valence-electron chi connectivity index (χ1n) is 9.15. The number of methoxy groups -OCH3 is 1. The van der Waals surface area contributed by atoms with Gasteiger partial charge in [-0.25, -0.2) is 0 Å². The highest BCUT2D eigenvalue weighted by atomic mass is 16.5. The van der Waals surface area contributed by atoms with Gasteiger partial charge in [-0.2, -0.15) is 0 Å². The van der Waals surface area contributed by atoms with Crippen LogP contribution in [0.25, 0.3) is 0 Å². The molecule has 2 saturated heterocycles. The van der Waals surface area contributed by atoms with E-state index in [9.17, 15) is 4.79 Å². The lowest BCUT2D eigenvalue weighted by Crippen LogP contribution is -2.67. The Bertz CT molecular complexity index is 623. The molecule has 6 heteroatoms. The van der Waals surface area contributed by atoms with Crippen molar-refractivity contribution in [2.24, 2.45) is 11.1 Å². The van der Waals surface area contributed by atoms with Crippen molar-refractivity contribution in [3.8, 4) is 5.75 Å². The average Bonchev–Trinajstić information content (AvgIpc) is 2.65. The van der Waals surface area contributed by atoms with E-state index >= 15 is 0 Å². The first kappa shape index (κ1) is 18.0. The number of piperidine rings is 1. The highest BCUT2D eigenvalue weighted by Crippen LogP contribution is 2.41. The Balaban J connectivity index is 1.82. The molecule has 1 aromatic rings. The molecule has 2 heterocycles. The zero-order chi connectivity index (χ0) is 18.0. The number of rotatable bonds is 4. The highest BCUT2D eigenvalue weighted by molar-refractivity contribution is 5.77. The van der Waals surface area contributed by atoms with Gasteiger partial charge in [-0.05, 0) is 31.4 Å². The zero-order valence-corrected chi connectivity index (χ0v) is 15.5. The molecule has 3 atom stereocenters. The van der Waals surface area contributed by atoms with Gasteiger partial charge in [0.25, 0.3) is 0 Å². The number of nitrogens with zero attached hydrogens (tertiary/aromatic N) is 2. The number of benzene rings is 1. The molecule has 2 unspecified atom stereocenters. The molecule has 0 bridgehead atoms. The van der Waals surface area contributed by atoms with Crippen LogP contribution in [0, 0.1) is 5.41 Å². The molecule has 1 amide bonds. The molecule has 0 radical (unpaired) electrons.